The molecule has 0 aliphatic heterocycles. The van der Waals surface area contributed by atoms with Crippen LogP contribution in [0.2, 0.25) is 0 Å². The molecular weight excluding hydrogens is 342 g/mol. The van der Waals surface area contributed by atoms with Gasteiger partial charge in [0.1, 0.15) is 16.3 Å². The summed E-state index contributed by atoms with van der Waals surface area (Å²) in [6.07, 6.45) is 0. The van der Waals surface area contributed by atoms with Crippen LogP contribution in [0.4, 0.5) is 5.69 Å². The van der Waals surface area contributed by atoms with Crippen molar-refractivity contribution in [2.75, 3.05) is 5.32 Å². The summed E-state index contributed by atoms with van der Waals surface area (Å²) in [4.78, 5) is 36.7. The van der Waals surface area contributed by atoms with Gasteiger partial charge in [-0.05, 0) is 52.8 Å². The Kier molecular flexibility index (Phi) is 5.18. The highest BCUT2D eigenvalue weighted by atomic mass is 35.5. The molecule has 1 aliphatic rings. The number of allylic oxidation sites excluding steroid dienone is 3. The summed E-state index contributed by atoms with van der Waals surface area (Å²) in [6.45, 7) is 8.49. The zero-order valence-corrected chi connectivity index (χ0v) is 15.6. The van der Waals surface area contributed by atoms with Crippen molar-refractivity contribution in [1.82, 2.24) is 0 Å². The van der Waals surface area contributed by atoms with Gasteiger partial charge in [-0.3, -0.25) is 9.59 Å². The lowest BCUT2D eigenvalue weighted by molar-refractivity contribution is -0.116. The quantitative estimate of drug-likeness (QED) is 0.651. The summed E-state index contributed by atoms with van der Waals surface area (Å²) < 4.78 is 5.33. The number of esters is 1. The van der Waals surface area contributed by atoms with Crippen LogP contribution in [-0.2, 0) is 14.3 Å². The molecule has 6 heteroatoms. The number of halogens is 1. The first kappa shape index (κ1) is 18.9. The number of carbonyl (C=O) groups excluding carboxylic acids is 3. The van der Waals surface area contributed by atoms with Gasteiger partial charge in [0.25, 0.3) is 0 Å². The van der Waals surface area contributed by atoms with Gasteiger partial charge in [0.05, 0.1) is 5.56 Å². The summed E-state index contributed by atoms with van der Waals surface area (Å²) >= 11 is 6.05. The molecule has 0 saturated heterocycles. The molecule has 0 spiro atoms. The average molecular weight is 362 g/mol. The van der Waals surface area contributed by atoms with E-state index in [0.29, 0.717) is 22.4 Å². The maximum Gasteiger partial charge on any atom is 0.338 e. The molecule has 2 rings (SSSR count). The van der Waals surface area contributed by atoms with Crippen LogP contribution in [-0.4, -0.2) is 23.1 Å². The van der Waals surface area contributed by atoms with Crippen LogP contribution in [0.15, 0.2) is 46.1 Å². The SMILES string of the molecule is CC1=C(C)C(=O)C(Nc2cccc(C(=O)OC(C)(C)C)c2)=C(Cl)C1=O. The Balaban J connectivity index is 2.30. The molecule has 1 aliphatic carbocycles. The molecule has 1 N–H and O–H groups in total. The monoisotopic (exact) mass is 361 g/mol. The summed E-state index contributed by atoms with van der Waals surface area (Å²) in [6, 6.07) is 6.48. The van der Waals surface area contributed by atoms with Crippen molar-refractivity contribution in [1.29, 1.82) is 0 Å². The summed E-state index contributed by atoms with van der Waals surface area (Å²) in [5, 5.41) is 2.70. The van der Waals surface area contributed by atoms with E-state index in [0.717, 1.165) is 0 Å². The molecule has 0 radical (unpaired) electrons. The Labute approximate surface area is 151 Å². The van der Waals surface area contributed by atoms with E-state index >= 15 is 0 Å². The fourth-order valence-electron chi connectivity index (χ4n) is 2.22. The number of ether oxygens (including phenoxy) is 1. The van der Waals surface area contributed by atoms with Gasteiger partial charge in [0.15, 0.2) is 0 Å². The van der Waals surface area contributed by atoms with Gasteiger partial charge in [0, 0.05) is 16.8 Å². The lowest BCUT2D eigenvalue weighted by atomic mass is 9.94. The largest absolute Gasteiger partial charge is 0.456 e. The van der Waals surface area contributed by atoms with Crippen molar-refractivity contribution in [3.63, 3.8) is 0 Å². The fourth-order valence-corrected chi connectivity index (χ4v) is 2.50. The molecule has 0 unspecified atom stereocenters. The standard InChI is InChI=1S/C19H20ClNO4/c1-10-11(2)17(23)15(14(20)16(10)22)21-13-8-6-7-12(9-13)18(24)25-19(3,4)5/h6-9,21H,1-5H3. The Morgan fingerprint density at radius 3 is 2.28 bits per heavy atom. The lowest BCUT2D eigenvalue weighted by Crippen LogP contribution is -2.25. The van der Waals surface area contributed by atoms with Crippen molar-refractivity contribution in [3.8, 4) is 0 Å². The first-order valence-corrected chi connectivity index (χ1v) is 8.16. The molecular formula is C19H20ClNO4. The number of ketones is 2. The van der Waals surface area contributed by atoms with Crippen LogP contribution in [0.1, 0.15) is 45.0 Å². The van der Waals surface area contributed by atoms with Crippen LogP contribution >= 0.6 is 11.6 Å². The number of hydrogen-bond acceptors (Lipinski definition) is 5. The minimum Gasteiger partial charge on any atom is -0.456 e. The Bertz CT molecular complexity index is 828. The second kappa shape index (κ2) is 6.84. The minimum atomic E-state index is -0.614. The Morgan fingerprint density at radius 1 is 1.08 bits per heavy atom. The zero-order valence-electron chi connectivity index (χ0n) is 14.8. The number of nitrogens with one attached hydrogen (secondary N) is 1. The summed E-state index contributed by atoms with van der Waals surface area (Å²) in [7, 11) is 0. The van der Waals surface area contributed by atoms with Crippen LogP contribution in [0, 0.1) is 0 Å². The highest BCUT2D eigenvalue weighted by molar-refractivity contribution is 6.49. The maximum atomic E-state index is 12.4. The van der Waals surface area contributed by atoms with Gasteiger partial charge in [-0.15, -0.1) is 0 Å². The number of benzene rings is 1. The van der Waals surface area contributed by atoms with E-state index in [1.54, 1.807) is 58.9 Å². The van der Waals surface area contributed by atoms with E-state index in [1.165, 1.54) is 0 Å². The Morgan fingerprint density at radius 2 is 1.68 bits per heavy atom. The molecule has 0 aromatic heterocycles. The fraction of sp³-hybridized carbons (Fsp3) is 0.316. The van der Waals surface area contributed by atoms with Crippen LogP contribution in [0.3, 0.4) is 0 Å². The molecule has 0 fully saturated rings. The molecule has 25 heavy (non-hydrogen) atoms. The van der Waals surface area contributed by atoms with Crippen molar-refractivity contribution < 1.29 is 19.1 Å². The molecule has 0 saturated carbocycles. The predicted molar refractivity (Wildman–Crippen MR) is 96.5 cm³/mol. The summed E-state index contributed by atoms with van der Waals surface area (Å²) in [5.41, 5.74) is 0.872. The molecule has 5 nitrogen and oxygen atoms in total. The third kappa shape index (κ3) is 4.17. The number of carbonyl (C=O) groups is 3. The van der Waals surface area contributed by atoms with Gasteiger partial charge in [-0.2, -0.15) is 0 Å². The van der Waals surface area contributed by atoms with E-state index < -0.39 is 11.6 Å². The van der Waals surface area contributed by atoms with Gasteiger partial charge in [-0.1, -0.05) is 17.7 Å². The van der Waals surface area contributed by atoms with Gasteiger partial charge >= 0.3 is 5.97 Å². The topological polar surface area (TPSA) is 72.5 Å². The number of anilines is 1. The van der Waals surface area contributed by atoms with Gasteiger partial charge in [0.2, 0.25) is 11.6 Å². The number of rotatable bonds is 3. The highest BCUT2D eigenvalue weighted by Gasteiger charge is 2.29. The normalized spacial score (nSPS) is 15.6. The number of Topliss-reactive ketones (excluding diaryl/α,β-unsaturated/α-hetero) is 2. The smallest absolute Gasteiger partial charge is 0.338 e. The number of hydrogen-bond donors (Lipinski definition) is 1. The van der Waals surface area contributed by atoms with Gasteiger partial charge in [-0.25, -0.2) is 4.79 Å². The molecule has 0 amide bonds. The maximum absolute atomic E-state index is 12.4. The average Bonchev–Trinajstić information content (AvgIpc) is 2.54. The third-order valence-corrected chi connectivity index (χ3v) is 4.02. The third-order valence-electron chi connectivity index (χ3n) is 3.66. The second-order valence-electron chi connectivity index (χ2n) is 6.80. The first-order chi connectivity index (χ1) is 11.5. The van der Waals surface area contributed by atoms with Gasteiger partial charge < -0.3 is 10.1 Å². The van der Waals surface area contributed by atoms with Crippen molar-refractivity contribution in [3.05, 3.63) is 51.7 Å². The predicted octanol–water partition coefficient (Wildman–Crippen LogP) is 3.99. The van der Waals surface area contributed by atoms with Crippen LogP contribution in [0.5, 0.6) is 0 Å². The Hall–Kier alpha value is -2.40. The molecule has 0 bridgehead atoms. The first-order valence-electron chi connectivity index (χ1n) is 7.78. The van der Waals surface area contributed by atoms with Crippen molar-refractivity contribution in [2.24, 2.45) is 0 Å². The second-order valence-corrected chi connectivity index (χ2v) is 7.18. The lowest BCUT2D eigenvalue weighted by Gasteiger charge is -2.20. The zero-order chi connectivity index (χ0) is 18.9. The van der Waals surface area contributed by atoms with E-state index in [4.69, 9.17) is 16.3 Å². The van der Waals surface area contributed by atoms with Crippen molar-refractivity contribution in [2.45, 2.75) is 40.2 Å². The molecule has 132 valence electrons. The van der Waals surface area contributed by atoms with E-state index in [2.05, 4.69) is 5.32 Å². The van der Waals surface area contributed by atoms with Crippen molar-refractivity contribution >= 4 is 34.8 Å². The molecule has 0 heterocycles. The van der Waals surface area contributed by atoms with E-state index in [-0.39, 0.29) is 22.3 Å². The minimum absolute atomic E-state index is 0.0103. The molecule has 1 aromatic carbocycles. The molecule has 0 atom stereocenters. The molecule has 1 aromatic rings. The van der Waals surface area contributed by atoms with E-state index in [1.807, 2.05) is 0 Å². The van der Waals surface area contributed by atoms with Crippen LogP contribution in [0.25, 0.3) is 0 Å². The summed E-state index contributed by atoms with van der Waals surface area (Å²) in [5.74, 6) is -1.21. The highest BCUT2D eigenvalue weighted by Crippen LogP contribution is 2.28. The van der Waals surface area contributed by atoms with Crippen LogP contribution < -0.4 is 5.32 Å². The van der Waals surface area contributed by atoms with E-state index in [9.17, 15) is 14.4 Å².